The maximum Gasteiger partial charge on any atom is 0.276 e. The van der Waals surface area contributed by atoms with Crippen LogP contribution in [-0.4, -0.2) is 43.8 Å². The largest absolute Gasteiger partial charge is 0.364 e. The SMILES string of the molecule is O=C(c1ccon1)N1CCC(c2n[nH]c(=S)n2C2CC2)CC1. The first kappa shape index (κ1) is 13.7. The normalized spacial score (nSPS) is 19.5. The van der Waals surface area contributed by atoms with Crippen molar-refractivity contribution >= 4 is 18.1 Å². The van der Waals surface area contributed by atoms with Crippen LogP contribution >= 0.6 is 12.2 Å². The Labute approximate surface area is 132 Å². The van der Waals surface area contributed by atoms with Crippen LogP contribution < -0.4 is 0 Å². The molecule has 1 aliphatic carbocycles. The zero-order valence-electron chi connectivity index (χ0n) is 12.1. The molecule has 116 valence electrons. The molecule has 4 rings (SSSR count). The Bertz CT molecular complexity index is 723. The van der Waals surface area contributed by atoms with Gasteiger partial charge in [0.15, 0.2) is 10.5 Å². The Kier molecular flexibility index (Phi) is 3.33. The Morgan fingerprint density at radius 3 is 2.73 bits per heavy atom. The van der Waals surface area contributed by atoms with Gasteiger partial charge in [-0.05, 0) is 37.9 Å². The Morgan fingerprint density at radius 2 is 2.09 bits per heavy atom. The van der Waals surface area contributed by atoms with Crippen molar-refractivity contribution in [1.82, 2.24) is 24.8 Å². The number of aromatic amines is 1. The monoisotopic (exact) mass is 319 g/mol. The fourth-order valence-corrected chi connectivity index (χ4v) is 3.40. The van der Waals surface area contributed by atoms with Crippen molar-refractivity contribution in [2.45, 2.75) is 37.6 Å². The highest BCUT2D eigenvalue weighted by atomic mass is 32.1. The number of nitrogens with zero attached hydrogens (tertiary/aromatic N) is 4. The van der Waals surface area contributed by atoms with E-state index in [9.17, 15) is 4.79 Å². The summed E-state index contributed by atoms with van der Waals surface area (Å²) in [6.45, 7) is 1.42. The molecule has 0 bridgehead atoms. The van der Waals surface area contributed by atoms with E-state index in [1.807, 2.05) is 4.90 Å². The number of likely N-dealkylation sites (tertiary alicyclic amines) is 1. The average Bonchev–Trinajstić information content (AvgIpc) is 3.08. The number of nitrogens with one attached hydrogen (secondary N) is 1. The highest BCUT2D eigenvalue weighted by molar-refractivity contribution is 7.71. The molecule has 2 aliphatic rings. The van der Waals surface area contributed by atoms with Gasteiger partial charge < -0.3 is 14.0 Å². The highest BCUT2D eigenvalue weighted by Crippen LogP contribution is 2.39. The number of carbonyl (C=O) groups is 1. The molecule has 1 aliphatic heterocycles. The third kappa shape index (κ3) is 2.37. The number of piperidine rings is 1. The summed E-state index contributed by atoms with van der Waals surface area (Å²) in [4.78, 5) is 14.1. The molecule has 8 heteroatoms. The molecule has 3 heterocycles. The molecule has 2 aromatic rings. The molecule has 1 N–H and O–H groups in total. The summed E-state index contributed by atoms with van der Waals surface area (Å²) in [5.41, 5.74) is 0.374. The van der Waals surface area contributed by atoms with Crippen LogP contribution in [0.1, 0.15) is 54.0 Å². The third-order valence-corrected chi connectivity index (χ3v) is 4.74. The number of aromatic nitrogens is 4. The van der Waals surface area contributed by atoms with Gasteiger partial charge in [0.2, 0.25) is 0 Å². The summed E-state index contributed by atoms with van der Waals surface area (Å²) in [6.07, 6.45) is 5.59. The number of hydrogen-bond donors (Lipinski definition) is 1. The molecular weight excluding hydrogens is 302 g/mol. The Hall–Kier alpha value is -1.96. The molecule has 1 amide bonds. The van der Waals surface area contributed by atoms with E-state index in [-0.39, 0.29) is 5.91 Å². The van der Waals surface area contributed by atoms with Crippen LogP contribution in [0, 0.1) is 4.77 Å². The van der Waals surface area contributed by atoms with E-state index >= 15 is 0 Å². The standard InChI is InChI=1S/C14H17N5O2S/c20-13(11-5-8-21-17-11)18-6-3-9(4-7-18)12-15-16-14(22)19(12)10-1-2-10/h5,8-10H,1-4,6-7H2,(H,16,22). The summed E-state index contributed by atoms with van der Waals surface area (Å²) in [7, 11) is 0. The van der Waals surface area contributed by atoms with E-state index in [1.165, 1.54) is 19.1 Å². The van der Waals surface area contributed by atoms with Crippen molar-refractivity contribution in [3.8, 4) is 0 Å². The van der Waals surface area contributed by atoms with E-state index in [2.05, 4.69) is 19.9 Å². The second-order valence-corrected chi connectivity index (χ2v) is 6.33. The molecular formula is C14H17N5O2S. The van der Waals surface area contributed by atoms with Crippen LogP contribution in [0.4, 0.5) is 0 Å². The first-order chi connectivity index (χ1) is 10.7. The minimum absolute atomic E-state index is 0.0618. The van der Waals surface area contributed by atoms with Crippen molar-refractivity contribution in [2.75, 3.05) is 13.1 Å². The van der Waals surface area contributed by atoms with Gasteiger partial charge in [-0.2, -0.15) is 5.10 Å². The van der Waals surface area contributed by atoms with E-state index in [1.54, 1.807) is 6.07 Å². The lowest BCUT2D eigenvalue weighted by Gasteiger charge is -2.31. The maximum atomic E-state index is 12.3. The van der Waals surface area contributed by atoms with Gasteiger partial charge in [-0.25, -0.2) is 0 Å². The van der Waals surface area contributed by atoms with Crippen LogP contribution in [0.25, 0.3) is 0 Å². The van der Waals surface area contributed by atoms with Crippen molar-refractivity contribution in [3.05, 3.63) is 28.6 Å². The average molecular weight is 319 g/mol. The zero-order chi connectivity index (χ0) is 15.1. The fourth-order valence-electron chi connectivity index (χ4n) is 3.12. The van der Waals surface area contributed by atoms with E-state index < -0.39 is 0 Å². The Balaban J connectivity index is 1.46. The van der Waals surface area contributed by atoms with Gasteiger partial charge in [0.25, 0.3) is 5.91 Å². The maximum absolute atomic E-state index is 12.3. The lowest BCUT2D eigenvalue weighted by molar-refractivity contribution is 0.0699. The second kappa shape index (κ2) is 5.35. The number of amides is 1. The van der Waals surface area contributed by atoms with Crippen LogP contribution in [0.3, 0.4) is 0 Å². The molecule has 0 spiro atoms. The molecule has 0 aromatic carbocycles. The minimum atomic E-state index is -0.0618. The van der Waals surface area contributed by atoms with Gasteiger partial charge in [-0.3, -0.25) is 9.89 Å². The van der Waals surface area contributed by atoms with Crippen molar-refractivity contribution in [3.63, 3.8) is 0 Å². The van der Waals surface area contributed by atoms with Gasteiger partial charge in [0, 0.05) is 31.1 Å². The number of carbonyl (C=O) groups excluding carboxylic acids is 1. The molecule has 1 saturated heterocycles. The molecule has 2 aromatic heterocycles. The lowest BCUT2D eigenvalue weighted by atomic mass is 9.95. The van der Waals surface area contributed by atoms with Crippen molar-refractivity contribution in [1.29, 1.82) is 0 Å². The summed E-state index contributed by atoms with van der Waals surface area (Å²) in [5.74, 6) is 1.35. The minimum Gasteiger partial charge on any atom is -0.364 e. The van der Waals surface area contributed by atoms with Crippen LogP contribution in [0.15, 0.2) is 16.9 Å². The van der Waals surface area contributed by atoms with Gasteiger partial charge in [-0.15, -0.1) is 0 Å². The molecule has 7 nitrogen and oxygen atoms in total. The van der Waals surface area contributed by atoms with Crippen molar-refractivity contribution in [2.24, 2.45) is 0 Å². The molecule has 0 atom stereocenters. The smallest absolute Gasteiger partial charge is 0.276 e. The Morgan fingerprint density at radius 1 is 1.32 bits per heavy atom. The van der Waals surface area contributed by atoms with E-state index in [0.29, 0.717) is 30.7 Å². The van der Waals surface area contributed by atoms with Crippen molar-refractivity contribution < 1.29 is 9.32 Å². The van der Waals surface area contributed by atoms with Crippen LogP contribution in [-0.2, 0) is 0 Å². The molecule has 1 saturated carbocycles. The lowest BCUT2D eigenvalue weighted by Crippen LogP contribution is -2.38. The summed E-state index contributed by atoms with van der Waals surface area (Å²) < 4.78 is 7.64. The number of H-pyrrole nitrogens is 1. The first-order valence-corrected chi connectivity index (χ1v) is 8.01. The molecule has 2 fully saturated rings. The van der Waals surface area contributed by atoms with Gasteiger partial charge in [0.05, 0.1) is 0 Å². The fraction of sp³-hybridized carbons (Fsp3) is 0.571. The number of rotatable bonds is 3. The van der Waals surface area contributed by atoms with Gasteiger partial charge in [0.1, 0.15) is 12.1 Å². The highest BCUT2D eigenvalue weighted by Gasteiger charge is 2.33. The molecule has 22 heavy (non-hydrogen) atoms. The molecule has 0 unspecified atom stereocenters. The summed E-state index contributed by atoms with van der Waals surface area (Å²) >= 11 is 5.34. The van der Waals surface area contributed by atoms with Crippen LogP contribution in [0.2, 0.25) is 0 Å². The second-order valence-electron chi connectivity index (χ2n) is 5.94. The molecule has 0 radical (unpaired) electrons. The predicted molar refractivity (Wildman–Crippen MR) is 80.1 cm³/mol. The van der Waals surface area contributed by atoms with E-state index in [4.69, 9.17) is 16.7 Å². The zero-order valence-corrected chi connectivity index (χ0v) is 12.9. The van der Waals surface area contributed by atoms with Gasteiger partial charge >= 0.3 is 0 Å². The predicted octanol–water partition coefficient (Wildman–Crippen LogP) is 2.28. The third-order valence-electron chi connectivity index (χ3n) is 4.45. The van der Waals surface area contributed by atoms with Crippen LogP contribution in [0.5, 0.6) is 0 Å². The quantitative estimate of drug-likeness (QED) is 0.878. The van der Waals surface area contributed by atoms with Gasteiger partial charge in [-0.1, -0.05) is 5.16 Å². The topological polar surface area (TPSA) is 80.0 Å². The summed E-state index contributed by atoms with van der Waals surface area (Å²) in [6, 6.07) is 2.13. The number of hydrogen-bond acceptors (Lipinski definition) is 5. The summed E-state index contributed by atoms with van der Waals surface area (Å²) in [5, 5.41) is 11.1. The first-order valence-electron chi connectivity index (χ1n) is 7.60. The van der Waals surface area contributed by atoms with E-state index in [0.717, 1.165) is 23.4 Å².